The van der Waals surface area contributed by atoms with E-state index in [4.69, 9.17) is 4.74 Å². The second-order valence-electron chi connectivity index (χ2n) is 10.4. The first-order valence-electron chi connectivity index (χ1n) is 10.9. The maximum atomic E-state index is 12.2. The van der Waals surface area contributed by atoms with Crippen molar-refractivity contribution in [2.45, 2.75) is 91.6 Å². The summed E-state index contributed by atoms with van der Waals surface area (Å²) < 4.78 is 5.57. The normalized spacial score (nSPS) is 50.3. The fraction of sp³-hybridized carbons (Fsp3) is 0.913. The summed E-state index contributed by atoms with van der Waals surface area (Å²) in [5.41, 5.74) is 0.667. The Balaban J connectivity index is 1.54. The van der Waals surface area contributed by atoms with Gasteiger partial charge in [0.2, 0.25) is 0 Å². The highest BCUT2D eigenvalue weighted by Crippen LogP contribution is 2.67. The summed E-state index contributed by atoms with van der Waals surface area (Å²) in [6.45, 7) is 8.33. The Morgan fingerprint density at radius 1 is 0.846 bits per heavy atom. The van der Waals surface area contributed by atoms with Crippen LogP contribution in [0, 0.1) is 40.4 Å². The van der Waals surface area contributed by atoms with Crippen molar-refractivity contribution in [3.63, 3.8) is 0 Å². The van der Waals surface area contributed by atoms with E-state index in [9.17, 15) is 9.59 Å². The molecule has 0 bridgehead atoms. The average Bonchev–Trinajstić information content (AvgIpc) is 2.92. The van der Waals surface area contributed by atoms with Crippen molar-refractivity contribution in [2.75, 3.05) is 0 Å². The van der Waals surface area contributed by atoms with E-state index in [1.807, 2.05) is 6.92 Å². The Morgan fingerprint density at radius 3 is 2.23 bits per heavy atom. The Labute approximate surface area is 158 Å². The summed E-state index contributed by atoms with van der Waals surface area (Å²) in [5, 5.41) is 0. The first-order chi connectivity index (χ1) is 12.3. The van der Waals surface area contributed by atoms with Crippen molar-refractivity contribution < 1.29 is 14.3 Å². The van der Waals surface area contributed by atoms with Crippen LogP contribution in [-0.2, 0) is 14.3 Å². The molecule has 0 aromatic heterocycles. The topological polar surface area (TPSA) is 43.4 Å². The van der Waals surface area contributed by atoms with Crippen LogP contribution in [0.5, 0.6) is 0 Å². The number of hydrogen-bond donors (Lipinski definition) is 0. The number of hydrogen-bond acceptors (Lipinski definition) is 3. The lowest BCUT2D eigenvalue weighted by Crippen LogP contribution is -2.54. The van der Waals surface area contributed by atoms with E-state index in [1.54, 1.807) is 0 Å². The second-order valence-corrected chi connectivity index (χ2v) is 10.4. The number of rotatable bonds is 2. The summed E-state index contributed by atoms with van der Waals surface area (Å²) in [5.74, 6) is 3.68. The summed E-state index contributed by atoms with van der Waals surface area (Å²) in [7, 11) is 0. The summed E-state index contributed by atoms with van der Waals surface area (Å²) in [4.78, 5) is 23.6. The standard InChI is InChI=1S/C23H36O3/c1-14(24)19-7-8-20-18-6-5-16-13-17(26-15(2)25)9-11-22(16,3)21(18)10-12-23(19,20)4/h16-21H,5-13H2,1-4H3/t16-,17-,18+,19+,20-,21+,22-,23-/m1/s1. The lowest BCUT2D eigenvalue weighted by atomic mass is 9.44. The molecule has 4 aliphatic carbocycles. The molecule has 26 heavy (non-hydrogen) atoms. The van der Waals surface area contributed by atoms with Gasteiger partial charge in [0.05, 0.1) is 0 Å². The fourth-order valence-electron chi connectivity index (χ4n) is 8.23. The highest BCUT2D eigenvalue weighted by Gasteiger charge is 2.60. The van der Waals surface area contributed by atoms with Crippen LogP contribution in [0.2, 0.25) is 0 Å². The first-order valence-corrected chi connectivity index (χ1v) is 10.9. The molecular formula is C23H36O3. The zero-order valence-corrected chi connectivity index (χ0v) is 17.1. The van der Waals surface area contributed by atoms with Crippen molar-refractivity contribution in [1.82, 2.24) is 0 Å². The average molecular weight is 361 g/mol. The molecule has 4 aliphatic rings. The third-order valence-electron chi connectivity index (χ3n) is 9.44. The molecule has 0 aliphatic heterocycles. The minimum absolute atomic E-state index is 0.123. The number of Topliss-reactive ketones (excluding diaryl/α,β-unsaturated/α-hetero) is 1. The minimum atomic E-state index is -0.123. The van der Waals surface area contributed by atoms with E-state index in [1.165, 1.54) is 45.4 Å². The summed E-state index contributed by atoms with van der Waals surface area (Å²) in [6, 6.07) is 0. The van der Waals surface area contributed by atoms with Gasteiger partial charge in [-0.3, -0.25) is 9.59 Å². The van der Waals surface area contributed by atoms with Crippen LogP contribution < -0.4 is 0 Å². The molecule has 8 atom stereocenters. The maximum absolute atomic E-state index is 12.2. The molecule has 4 fully saturated rings. The second kappa shape index (κ2) is 6.34. The van der Waals surface area contributed by atoms with Gasteiger partial charge in [-0.25, -0.2) is 0 Å². The van der Waals surface area contributed by atoms with Crippen LogP contribution in [0.4, 0.5) is 0 Å². The number of esters is 1. The van der Waals surface area contributed by atoms with Crippen molar-refractivity contribution in [2.24, 2.45) is 40.4 Å². The highest BCUT2D eigenvalue weighted by atomic mass is 16.5. The molecular weight excluding hydrogens is 324 g/mol. The molecule has 0 heterocycles. The molecule has 3 heteroatoms. The third kappa shape index (κ3) is 2.67. The molecule has 0 saturated heterocycles. The van der Waals surface area contributed by atoms with E-state index in [0.717, 1.165) is 37.0 Å². The van der Waals surface area contributed by atoms with Crippen LogP contribution in [0.25, 0.3) is 0 Å². The van der Waals surface area contributed by atoms with Crippen molar-refractivity contribution in [3.05, 3.63) is 0 Å². The molecule has 0 amide bonds. The van der Waals surface area contributed by atoms with Gasteiger partial charge >= 0.3 is 5.97 Å². The van der Waals surface area contributed by atoms with Crippen molar-refractivity contribution in [3.8, 4) is 0 Å². The molecule has 4 rings (SSSR count). The Hall–Kier alpha value is -0.860. The maximum Gasteiger partial charge on any atom is 0.302 e. The van der Waals surface area contributed by atoms with E-state index in [0.29, 0.717) is 23.0 Å². The van der Waals surface area contributed by atoms with E-state index in [2.05, 4.69) is 13.8 Å². The van der Waals surface area contributed by atoms with Gasteiger partial charge in [-0.2, -0.15) is 0 Å². The predicted molar refractivity (Wildman–Crippen MR) is 101 cm³/mol. The molecule has 4 saturated carbocycles. The summed E-state index contributed by atoms with van der Waals surface area (Å²) >= 11 is 0. The molecule has 0 aromatic carbocycles. The monoisotopic (exact) mass is 360 g/mol. The smallest absolute Gasteiger partial charge is 0.302 e. The van der Waals surface area contributed by atoms with Gasteiger partial charge in [0, 0.05) is 12.8 Å². The van der Waals surface area contributed by atoms with Gasteiger partial charge in [0.15, 0.2) is 0 Å². The quantitative estimate of drug-likeness (QED) is 0.638. The van der Waals surface area contributed by atoms with E-state index in [-0.39, 0.29) is 17.5 Å². The van der Waals surface area contributed by atoms with Gasteiger partial charge in [-0.1, -0.05) is 13.8 Å². The Kier molecular flexibility index (Phi) is 4.51. The number of ether oxygens (including phenoxy) is 1. The van der Waals surface area contributed by atoms with Gasteiger partial charge < -0.3 is 4.74 Å². The number of fused-ring (bicyclic) bond motifs is 5. The first kappa shape index (κ1) is 18.5. The Bertz CT molecular complexity index is 598. The molecule has 0 spiro atoms. The fourth-order valence-corrected chi connectivity index (χ4v) is 8.23. The van der Waals surface area contributed by atoms with Crippen molar-refractivity contribution in [1.29, 1.82) is 0 Å². The van der Waals surface area contributed by atoms with Crippen molar-refractivity contribution >= 4 is 11.8 Å². The Morgan fingerprint density at radius 2 is 1.54 bits per heavy atom. The van der Waals surface area contributed by atoms with Gasteiger partial charge in [0.25, 0.3) is 0 Å². The zero-order chi connectivity index (χ0) is 18.7. The van der Waals surface area contributed by atoms with Crippen LogP contribution in [0.3, 0.4) is 0 Å². The van der Waals surface area contributed by atoms with Crippen LogP contribution in [0.15, 0.2) is 0 Å². The molecule has 146 valence electrons. The molecule has 0 radical (unpaired) electrons. The van der Waals surface area contributed by atoms with Crippen LogP contribution >= 0.6 is 0 Å². The molecule has 3 nitrogen and oxygen atoms in total. The zero-order valence-electron chi connectivity index (χ0n) is 17.1. The van der Waals surface area contributed by atoms with E-state index >= 15 is 0 Å². The largest absolute Gasteiger partial charge is 0.463 e. The van der Waals surface area contributed by atoms with Gasteiger partial charge in [-0.15, -0.1) is 0 Å². The molecule has 0 aromatic rings. The lowest BCUT2D eigenvalue weighted by molar-refractivity contribution is -0.161. The minimum Gasteiger partial charge on any atom is -0.463 e. The van der Waals surface area contributed by atoms with E-state index < -0.39 is 0 Å². The number of carbonyl (C=O) groups is 2. The van der Waals surface area contributed by atoms with Gasteiger partial charge in [-0.05, 0) is 99.2 Å². The number of ketones is 1. The van der Waals surface area contributed by atoms with Gasteiger partial charge in [0.1, 0.15) is 11.9 Å². The summed E-state index contributed by atoms with van der Waals surface area (Å²) in [6.07, 6.45) is 11.0. The third-order valence-corrected chi connectivity index (χ3v) is 9.44. The van der Waals surface area contributed by atoms with Crippen LogP contribution in [-0.4, -0.2) is 17.9 Å². The molecule has 0 unspecified atom stereocenters. The lowest BCUT2D eigenvalue weighted by Gasteiger charge is -2.61. The highest BCUT2D eigenvalue weighted by molar-refractivity contribution is 5.79. The number of carbonyl (C=O) groups excluding carboxylic acids is 2. The van der Waals surface area contributed by atoms with Crippen LogP contribution in [0.1, 0.15) is 85.5 Å². The molecule has 0 N–H and O–H groups in total. The predicted octanol–water partition coefficient (Wildman–Crippen LogP) is 5.17. The SMILES string of the molecule is CC(=O)O[C@@H]1CC[C@]2(C)[C@H](CC[C@H]3[C@H]4CC[C@@H](C(C)=O)[C@@]4(C)CC[C@@H]32)C1.